The van der Waals surface area contributed by atoms with Gasteiger partial charge >= 0.3 is 0 Å². The zero-order valence-electron chi connectivity index (χ0n) is 15.6. The number of thioether (sulfide) groups is 1. The number of carbonyl (C=O) groups is 1. The van der Waals surface area contributed by atoms with E-state index in [1.54, 1.807) is 7.11 Å². The fourth-order valence-electron chi connectivity index (χ4n) is 2.64. The number of hydrogen-bond acceptors (Lipinski definition) is 6. The molecular weight excluding hydrogens is 396 g/mol. The number of nitrogens with one attached hydrogen (secondary N) is 2. The lowest BCUT2D eigenvalue weighted by molar-refractivity contribution is -0.119. The molecule has 6 nitrogen and oxygen atoms in total. The van der Waals surface area contributed by atoms with Gasteiger partial charge in [-0.3, -0.25) is 4.79 Å². The Bertz CT molecular complexity index is 970. The summed E-state index contributed by atoms with van der Waals surface area (Å²) in [7, 11) is 1.61. The summed E-state index contributed by atoms with van der Waals surface area (Å²) in [5, 5.41) is 8.15. The standard InChI is InChI=1S/C20H21ClN4O2S/c1-13(11-27-2)22-18(26)12-28-20-24-16-9-5-3-7-14(16)19(25-20)23-17-10-6-4-8-15(17)21/h3-10,13H,11-12H2,1-2H3,(H,22,26)(H,23,24,25). The molecule has 1 unspecified atom stereocenters. The van der Waals surface area contributed by atoms with E-state index in [2.05, 4.69) is 20.6 Å². The molecule has 0 spiro atoms. The fourth-order valence-corrected chi connectivity index (χ4v) is 3.49. The van der Waals surface area contributed by atoms with Crippen LogP contribution in [0.15, 0.2) is 53.7 Å². The molecule has 3 rings (SSSR count). The summed E-state index contributed by atoms with van der Waals surface area (Å²) in [5.41, 5.74) is 1.55. The van der Waals surface area contributed by atoms with E-state index in [4.69, 9.17) is 16.3 Å². The normalized spacial score (nSPS) is 12.0. The first-order valence-electron chi connectivity index (χ1n) is 8.76. The van der Waals surface area contributed by atoms with Crippen molar-refractivity contribution in [1.82, 2.24) is 15.3 Å². The summed E-state index contributed by atoms with van der Waals surface area (Å²) in [4.78, 5) is 21.3. The van der Waals surface area contributed by atoms with Crippen molar-refractivity contribution in [3.05, 3.63) is 53.6 Å². The summed E-state index contributed by atoms with van der Waals surface area (Å²) < 4.78 is 5.03. The molecular formula is C20H21ClN4O2S. The van der Waals surface area contributed by atoms with E-state index in [1.807, 2.05) is 55.5 Å². The van der Waals surface area contributed by atoms with Gasteiger partial charge in [-0.15, -0.1) is 0 Å². The van der Waals surface area contributed by atoms with E-state index < -0.39 is 0 Å². The molecule has 0 fully saturated rings. The van der Waals surface area contributed by atoms with Crippen LogP contribution in [0.2, 0.25) is 5.02 Å². The van der Waals surface area contributed by atoms with Gasteiger partial charge in [-0.05, 0) is 31.2 Å². The highest BCUT2D eigenvalue weighted by atomic mass is 35.5. The van der Waals surface area contributed by atoms with Crippen LogP contribution in [0.5, 0.6) is 0 Å². The third-order valence-electron chi connectivity index (χ3n) is 3.87. The average molecular weight is 417 g/mol. The molecule has 28 heavy (non-hydrogen) atoms. The number of carbonyl (C=O) groups excluding carboxylic acids is 1. The molecule has 1 aromatic heterocycles. The zero-order valence-corrected chi connectivity index (χ0v) is 17.2. The fraction of sp³-hybridized carbons (Fsp3) is 0.250. The molecule has 2 aromatic carbocycles. The number of methoxy groups -OCH3 is 1. The van der Waals surface area contributed by atoms with E-state index in [-0.39, 0.29) is 17.7 Å². The molecule has 0 aliphatic rings. The summed E-state index contributed by atoms with van der Waals surface area (Å²) in [6.45, 7) is 2.36. The lowest BCUT2D eigenvalue weighted by atomic mass is 10.2. The Balaban J connectivity index is 1.80. The number of ether oxygens (including phenoxy) is 1. The molecule has 3 aromatic rings. The smallest absolute Gasteiger partial charge is 0.230 e. The maximum atomic E-state index is 12.1. The maximum absolute atomic E-state index is 12.1. The molecule has 1 atom stereocenters. The van der Waals surface area contributed by atoms with Crippen LogP contribution in [0, 0.1) is 0 Å². The second-order valence-corrected chi connectivity index (χ2v) is 7.54. The Morgan fingerprint density at radius 2 is 1.93 bits per heavy atom. The molecule has 0 aliphatic carbocycles. The van der Waals surface area contributed by atoms with Crippen LogP contribution in [0.1, 0.15) is 6.92 Å². The Hall–Kier alpha value is -2.35. The summed E-state index contributed by atoms with van der Waals surface area (Å²) in [5.74, 6) is 0.777. The first-order valence-corrected chi connectivity index (χ1v) is 10.1. The van der Waals surface area contributed by atoms with Crippen LogP contribution in [0.25, 0.3) is 10.9 Å². The lowest BCUT2D eigenvalue weighted by Gasteiger charge is -2.13. The van der Waals surface area contributed by atoms with Crippen molar-refractivity contribution < 1.29 is 9.53 Å². The largest absolute Gasteiger partial charge is 0.383 e. The maximum Gasteiger partial charge on any atom is 0.230 e. The Morgan fingerprint density at radius 1 is 1.18 bits per heavy atom. The minimum Gasteiger partial charge on any atom is -0.383 e. The van der Waals surface area contributed by atoms with Crippen molar-refractivity contribution in [1.29, 1.82) is 0 Å². The number of aromatic nitrogens is 2. The molecule has 0 bridgehead atoms. The molecule has 0 radical (unpaired) electrons. The number of fused-ring (bicyclic) bond motifs is 1. The van der Waals surface area contributed by atoms with E-state index in [0.29, 0.717) is 22.6 Å². The van der Waals surface area contributed by atoms with E-state index in [0.717, 1.165) is 16.6 Å². The third-order valence-corrected chi connectivity index (χ3v) is 5.04. The van der Waals surface area contributed by atoms with E-state index in [1.165, 1.54) is 11.8 Å². The van der Waals surface area contributed by atoms with Crippen LogP contribution in [-0.4, -0.2) is 41.4 Å². The van der Waals surface area contributed by atoms with Crippen molar-refractivity contribution in [2.75, 3.05) is 24.8 Å². The summed E-state index contributed by atoms with van der Waals surface area (Å²) in [6, 6.07) is 15.1. The number of benzene rings is 2. The van der Waals surface area contributed by atoms with Crippen LogP contribution >= 0.6 is 23.4 Å². The number of rotatable bonds is 8. The van der Waals surface area contributed by atoms with Crippen LogP contribution < -0.4 is 10.6 Å². The van der Waals surface area contributed by atoms with Crippen molar-refractivity contribution in [2.45, 2.75) is 18.1 Å². The number of nitrogens with zero attached hydrogens (tertiary/aromatic N) is 2. The SMILES string of the molecule is COCC(C)NC(=O)CSc1nc(Nc2ccccc2Cl)c2ccccc2n1. The first kappa shape index (κ1) is 20.4. The summed E-state index contributed by atoms with van der Waals surface area (Å²) in [6.07, 6.45) is 0. The van der Waals surface area contributed by atoms with E-state index in [9.17, 15) is 4.79 Å². The van der Waals surface area contributed by atoms with Gasteiger partial charge in [0.2, 0.25) is 5.91 Å². The van der Waals surface area contributed by atoms with Gasteiger partial charge < -0.3 is 15.4 Å². The molecule has 146 valence electrons. The van der Waals surface area contributed by atoms with Crippen LogP contribution in [0.3, 0.4) is 0 Å². The Kier molecular flexibility index (Phi) is 7.08. The van der Waals surface area contributed by atoms with Gasteiger partial charge in [-0.1, -0.05) is 47.6 Å². The highest BCUT2D eigenvalue weighted by molar-refractivity contribution is 7.99. The zero-order chi connectivity index (χ0) is 19.9. The van der Waals surface area contributed by atoms with Crippen molar-refractivity contribution >= 4 is 51.7 Å². The molecule has 1 amide bonds. The van der Waals surface area contributed by atoms with Gasteiger partial charge in [0, 0.05) is 18.5 Å². The molecule has 0 saturated carbocycles. The van der Waals surface area contributed by atoms with Crippen LogP contribution in [-0.2, 0) is 9.53 Å². The van der Waals surface area contributed by atoms with Gasteiger partial charge in [-0.2, -0.15) is 0 Å². The number of para-hydroxylation sites is 2. The van der Waals surface area contributed by atoms with Gasteiger partial charge in [0.1, 0.15) is 5.82 Å². The minimum absolute atomic E-state index is 0.0481. The van der Waals surface area contributed by atoms with Gasteiger partial charge in [0.15, 0.2) is 5.16 Å². The quantitative estimate of drug-likeness (QED) is 0.422. The monoisotopic (exact) mass is 416 g/mol. The summed E-state index contributed by atoms with van der Waals surface area (Å²) >= 11 is 7.55. The molecule has 1 heterocycles. The topological polar surface area (TPSA) is 76.1 Å². The number of hydrogen-bond donors (Lipinski definition) is 2. The predicted octanol–water partition coefficient (Wildman–Crippen LogP) is 4.27. The average Bonchev–Trinajstić information content (AvgIpc) is 2.68. The Labute approximate surface area is 173 Å². The van der Waals surface area contributed by atoms with Crippen LogP contribution in [0.4, 0.5) is 11.5 Å². The number of amides is 1. The third kappa shape index (κ3) is 5.34. The second-order valence-electron chi connectivity index (χ2n) is 6.19. The Morgan fingerprint density at radius 3 is 2.71 bits per heavy atom. The molecule has 0 saturated heterocycles. The van der Waals surface area contributed by atoms with Crippen molar-refractivity contribution in [2.24, 2.45) is 0 Å². The highest BCUT2D eigenvalue weighted by Crippen LogP contribution is 2.29. The lowest BCUT2D eigenvalue weighted by Crippen LogP contribution is -2.36. The molecule has 8 heteroatoms. The van der Waals surface area contributed by atoms with Crippen molar-refractivity contribution in [3.63, 3.8) is 0 Å². The van der Waals surface area contributed by atoms with Gasteiger partial charge in [0.05, 0.1) is 28.6 Å². The first-order chi connectivity index (χ1) is 13.6. The van der Waals surface area contributed by atoms with Crippen molar-refractivity contribution in [3.8, 4) is 0 Å². The molecule has 2 N–H and O–H groups in total. The molecule has 0 aliphatic heterocycles. The van der Waals surface area contributed by atoms with Gasteiger partial charge in [-0.25, -0.2) is 9.97 Å². The van der Waals surface area contributed by atoms with E-state index >= 15 is 0 Å². The number of halogens is 1. The number of anilines is 2. The highest BCUT2D eigenvalue weighted by Gasteiger charge is 2.12. The minimum atomic E-state index is -0.0908. The second kappa shape index (κ2) is 9.73. The predicted molar refractivity (Wildman–Crippen MR) is 114 cm³/mol. The van der Waals surface area contributed by atoms with Gasteiger partial charge in [0.25, 0.3) is 0 Å².